The molecule has 1 saturated carbocycles. The maximum Gasteiger partial charge on any atom is 0.0580 e. The van der Waals surface area contributed by atoms with Crippen molar-refractivity contribution < 1.29 is 5.11 Å². The van der Waals surface area contributed by atoms with Crippen molar-refractivity contribution in [2.45, 2.75) is 50.7 Å². The lowest BCUT2D eigenvalue weighted by molar-refractivity contribution is 0.0415. The Bertz CT molecular complexity index is 232. The van der Waals surface area contributed by atoms with Crippen molar-refractivity contribution in [3.05, 3.63) is 0 Å². The molecule has 3 nitrogen and oxygen atoms in total. The van der Waals surface area contributed by atoms with Gasteiger partial charge < -0.3 is 10.0 Å². The summed E-state index contributed by atoms with van der Waals surface area (Å²) < 4.78 is 0. The molecule has 2 fully saturated rings. The van der Waals surface area contributed by atoms with Crippen molar-refractivity contribution in [1.82, 2.24) is 9.80 Å². The molecule has 1 aliphatic carbocycles. The van der Waals surface area contributed by atoms with Gasteiger partial charge in [-0.3, -0.25) is 4.90 Å². The van der Waals surface area contributed by atoms with Gasteiger partial charge in [-0.05, 0) is 52.2 Å². The van der Waals surface area contributed by atoms with Gasteiger partial charge in [-0.15, -0.1) is 0 Å². The van der Waals surface area contributed by atoms with Gasteiger partial charge >= 0.3 is 0 Å². The second kappa shape index (κ2) is 6.17. The Morgan fingerprint density at radius 1 is 1.12 bits per heavy atom. The lowest BCUT2D eigenvalue weighted by Gasteiger charge is -2.34. The molecule has 3 atom stereocenters. The number of rotatable bonds is 4. The quantitative estimate of drug-likeness (QED) is 0.808. The van der Waals surface area contributed by atoms with E-state index in [-0.39, 0.29) is 6.10 Å². The summed E-state index contributed by atoms with van der Waals surface area (Å²) in [5.74, 6) is 0.534. The molecule has 17 heavy (non-hydrogen) atoms. The number of aliphatic hydroxyl groups is 1. The van der Waals surface area contributed by atoms with Crippen LogP contribution in [0.15, 0.2) is 0 Å². The monoisotopic (exact) mass is 240 g/mol. The zero-order valence-electron chi connectivity index (χ0n) is 11.4. The molecule has 0 aromatic rings. The minimum atomic E-state index is -0.0376. The molecule has 2 rings (SSSR count). The first-order valence-corrected chi connectivity index (χ1v) is 7.23. The Morgan fingerprint density at radius 2 is 1.88 bits per heavy atom. The molecule has 100 valence electrons. The molecular weight excluding hydrogens is 212 g/mol. The third-order valence-electron chi connectivity index (χ3n) is 4.41. The SMILES string of the molecule is CN(C)CC1CCCN1CC1CCCCC1O. The van der Waals surface area contributed by atoms with E-state index in [0.29, 0.717) is 5.92 Å². The normalized spacial score (nSPS) is 35.6. The van der Waals surface area contributed by atoms with E-state index in [9.17, 15) is 5.11 Å². The number of likely N-dealkylation sites (tertiary alicyclic amines) is 1. The van der Waals surface area contributed by atoms with Crippen LogP contribution in [-0.2, 0) is 0 Å². The molecule has 1 heterocycles. The summed E-state index contributed by atoms with van der Waals surface area (Å²) in [4.78, 5) is 4.92. The van der Waals surface area contributed by atoms with Crippen LogP contribution in [0.3, 0.4) is 0 Å². The van der Waals surface area contributed by atoms with E-state index in [1.54, 1.807) is 0 Å². The first kappa shape index (κ1) is 13.3. The fourth-order valence-corrected chi connectivity index (χ4v) is 3.47. The van der Waals surface area contributed by atoms with Crippen LogP contribution >= 0.6 is 0 Å². The third kappa shape index (κ3) is 3.67. The number of hydrogen-bond acceptors (Lipinski definition) is 3. The van der Waals surface area contributed by atoms with Gasteiger partial charge in [0.1, 0.15) is 0 Å². The Labute approximate surface area is 106 Å². The molecule has 2 aliphatic rings. The predicted molar refractivity (Wildman–Crippen MR) is 71.1 cm³/mol. The first-order valence-electron chi connectivity index (χ1n) is 7.23. The maximum absolute atomic E-state index is 10.1. The summed E-state index contributed by atoms with van der Waals surface area (Å²) in [6, 6.07) is 0.721. The second-order valence-electron chi connectivity index (χ2n) is 6.17. The van der Waals surface area contributed by atoms with Crippen LogP contribution in [0.5, 0.6) is 0 Å². The van der Waals surface area contributed by atoms with Gasteiger partial charge in [0, 0.05) is 19.1 Å². The van der Waals surface area contributed by atoms with Gasteiger partial charge in [0.25, 0.3) is 0 Å². The third-order valence-corrected chi connectivity index (χ3v) is 4.41. The summed E-state index contributed by atoms with van der Waals surface area (Å²) in [6.45, 7) is 3.53. The van der Waals surface area contributed by atoms with Crippen molar-refractivity contribution in [3.63, 3.8) is 0 Å². The highest BCUT2D eigenvalue weighted by Crippen LogP contribution is 2.28. The smallest absolute Gasteiger partial charge is 0.0580 e. The molecule has 0 bridgehead atoms. The molecule has 1 saturated heterocycles. The van der Waals surface area contributed by atoms with Crippen molar-refractivity contribution >= 4 is 0 Å². The minimum absolute atomic E-state index is 0.0376. The summed E-state index contributed by atoms with van der Waals surface area (Å²) in [5, 5.41) is 10.1. The minimum Gasteiger partial charge on any atom is -0.393 e. The van der Waals surface area contributed by atoms with E-state index in [1.807, 2.05) is 0 Å². The van der Waals surface area contributed by atoms with Crippen molar-refractivity contribution in [1.29, 1.82) is 0 Å². The lowest BCUT2D eigenvalue weighted by Crippen LogP contribution is -2.43. The average Bonchev–Trinajstić information content (AvgIpc) is 2.68. The molecule has 3 unspecified atom stereocenters. The first-order chi connectivity index (χ1) is 8.16. The molecule has 3 heteroatoms. The molecule has 1 aliphatic heterocycles. The largest absolute Gasteiger partial charge is 0.393 e. The number of hydrogen-bond donors (Lipinski definition) is 1. The number of aliphatic hydroxyl groups excluding tert-OH is 1. The van der Waals surface area contributed by atoms with Crippen LogP contribution in [0, 0.1) is 5.92 Å². The summed E-state index contributed by atoms with van der Waals surface area (Å²) in [7, 11) is 4.32. The molecule has 0 aromatic carbocycles. The molecule has 1 N–H and O–H groups in total. The summed E-state index contributed by atoms with van der Waals surface area (Å²) in [6.07, 6.45) is 7.42. The van der Waals surface area contributed by atoms with Crippen molar-refractivity contribution in [2.75, 3.05) is 33.7 Å². The van der Waals surface area contributed by atoms with Crippen molar-refractivity contribution in [3.8, 4) is 0 Å². The van der Waals surface area contributed by atoms with Crippen LogP contribution < -0.4 is 0 Å². The van der Waals surface area contributed by atoms with Crippen LogP contribution in [0.4, 0.5) is 0 Å². The van der Waals surface area contributed by atoms with Crippen LogP contribution in [0.1, 0.15) is 38.5 Å². The zero-order valence-corrected chi connectivity index (χ0v) is 11.4. The predicted octanol–water partition coefficient (Wildman–Crippen LogP) is 1.56. The van der Waals surface area contributed by atoms with Gasteiger partial charge in [-0.25, -0.2) is 0 Å². The van der Waals surface area contributed by atoms with Crippen LogP contribution in [0.2, 0.25) is 0 Å². The number of likely N-dealkylation sites (N-methyl/N-ethyl adjacent to an activating group) is 1. The highest BCUT2D eigenvalue weighted by Gasteiger charge is 2.30. The van der Waals surface area contributed by atoms with E-state index in [0.717, 1.165) is 19.0 Å². The highest BCUT2D eigenvalue weighted by atomic mass is 16.3. The topological polar surface area (TPSA) is 26.7 Å². The van der Waals surface area contributed by atoms with E-state index in [4.69, 9.17) is 0 Å². The van der Waals surface area contributed by atoms with Crippen LogP contribution in [-0.4, -0.2) is 60.8 Å². The van der Waals surface area contributed by atoms with E-state index in [2.05, 4.69) is 23.9 Å². The Kier molecular flexibility index (Phi) is 4.83. The lowest BCUT2D eigenvalue weighted by atomic mass is 9.86. The van der Waals surface area contributed by atoms with E-state index in [1.165, 1.54) is 45.2 Å². The van der Waals surface area contributed by atoms with Crippen molar-refractivity contribution in [2.24, 2.45) is 5.92 Å². The molecule has 0 aromatic heterocycles. The number of nitrogens with zero attached hydrogens (tertiary/aromatic N) is 2. The maximum atomic E-state index is 10.1. The average molecular weight is 240 g/mol. The van der Waals surface area contributed by atoms with Gasteiger partial charge in [0.05, 0.1) is 6.10 Å². The van der Waals surface area contributed by atoms with Crippen LogP contribution in [0.25, 0.3) is 0 Å². The van der Waals surface area contributed by atoms with E-state index < -0.39 is 0 Å². The standard InChI is InChI=1S/C14H28N2O/c1-15(2)11-13-7-5-9-16(13)10-12-6-3-4-8-14(12)17/h12-14,17H,3-11H2,1-2H3. The molecule has 0 radical (unpaired) electrons. The van der Waals surface area contributed by atoms with Gasteiger partial charge in [0.2, 0.25) is 0 Å². The molecule has 0 spiro atoms. The molecular formula is C14H28N2O. The highest BCUT2D eigenvalue weighted by molar-refractivity contribution is 4.85. The van der Waals surface area contributed by atoms with E-state index >= 15 is 0 Å². The summed E-state index contributed by atoms with van der Waals surface area (Å²) >= 11 is 0. The summed E-state index contributed by atoms with van der Waals surface area (Å²) in [5.41, 5.74) is 0. The second-order valence-corrected chi connectivity index (χ2v) is 6.17. The van der Waals surface area contributed by atoms with Gasteiger partial charge in [0.15, 0.2) is 0 Å². The van der Waals surface area contributed by atoms with Gasteiger partial charge in [-0.1, -0.05) is 12.8 Å². The fraction of sp³-hybridized carbons (Fsp3) is 1.00. The Balaban J connectivity index is 1.84. The Morgan fingerprint density at radius 3 is 2.59 bits per heavy atom. The Hall–Kier alpha value is -0.120. The molecule has 0 amide bonds. The zero-order chi connectivity index (χ0) is 12.3. The fourth-order valence-electron chi connectivity index (χ4n) is 3.47. The van der Waals surface area contributed by atoms with Gasteiger partial charge in [-0.2, -0.15) is 0 Å².